The molecule has 4 rings (SSSR count). The van der Waals surface area contributed by atoms with Crippen molar-refractivity contribution in [1.82, 2.24) is 0 Å². The third-order valence-corrected chi connectivity index (χ3v) is 6.69. The van der Waals surface area contributed by atoms with Gasteiger partial charge in [0.15, 0.2) is 0 Å². The van der Waals surface area contributed by atoms with Gasteiger partial charge in [0.1, 0.15) is 5.82 Å². The number of halogens is 1. The Hall–Kier alpha value is -3.63. The van der Waals surface area contributed by atoms with Crippen molar-refractivity contribution >= 4 is 0 Å². The molecule has 0 aliphatic rings. The monoisotopic (exact) mass is 474 g/mol. The van der Waals surface area contributed by atoms with Crippen LogP contribution in [-0.4, -0.2) is 0 Å². The second-order valence-corrected chi connectivity index (χ2v) is 9.58. The molecular weight excluding hydrogens is 439 g/mol. The van der Waals surface area contributed by atoms with E-state index in [1.807, 2.05) is 25.1 Å². The summed E-state index contributed by atoms with van der Waals surface area (Å²) < 4.78 is 15.0. The van der Waals surface area contributed by atoms with E-state index in [0.717, 1.165) is 47.1 Å². The van der Waals surface area contributed by atoms with E-state index in [9.17, 15) is 0 Å². The van der Waals surface area contributed by atoms with Gasteiger partial charge in [0.05, 0.1) is 5.56 Å². The molecule has 0 unspecified atom stereocenters. The smallest absolute Gasteiger partial charge is 0.139 e. The zero-order chi connectivity index (χ0) is 25.3. The minimum Gasteiger partial charge on any atom is -0.206 e. The lowest BCUT2D eigenvalue weighted by Gasteiger charge is -2.08. The maximum Gasteiger partial charge on any atom is 0.139 e. The van der Waals surface area contributed by atoms with Crippen LogP contribution >= 0.6 is 0 Å². The maximum atomic E-state index is 15.0. The Kier molecular flexibility index (Phi) is 8.75. The molecule has 0 bridgehead atoms. The van der Waals surface area contributed by atoms with E-state index >= 15 is 4.39 Å². The largest absolute Gasteiger partial charge is 0.206 e. The van der Waals surface area contributed by atoms with Crippen molar-refractivity contribution in [3.8, 4) is 34.1 Å². The Balaban J connectivity index is 1.47. The number of hydrogen-bond acceptors (Lipinski definition) is 0. The summed E-state index contributed by atoms with van der Waals surface area (Å²) in [7, 11) is 0. The van der Waals surface area contributed by atoms with Crippen LogP contribution in [0.25, 0.3) is 22.3 Å². The van der Waals surface area contributed by atoms with Gasteiger partial charge in [0, 0.05) is 5.56 Å². The first-order valence-corrected chi connectivity index (χ1v) is 13.2. The standard InChI is InChI=1S/C35H35F/c1-4-6-7-9-28-12-17-30(18-13-28)31-19-14-29(15-20-31)16-23-34-26(3)24-33(25-35(34)36)32-21-10-27(8-5-2)11-22-32/h10-15,17-22,24-25H,4-9H2,1-3H3. The Morgan fingerprint density at radius 1 is 0.583 bits per heavy atom. The average Bonchev–Trinajstić information content (AvgIpc) is 2.90. The van der Waals surface area contributed by atoms with Crippen molar-refractivity contribution in [2.24, 2.45) is 0 Å². The van der Waals surface area contributed by atoms with E-state index < -0.39 is 0 Å². The predicted octanol–water partition coefficient (Wildman–Crippen LogP) is 9.55. The van der Waals surface area contributed by atoms with E-state index in [1.54, 1.807) is 6.07 Å². The van der Waals surface area contributed by atoms with Gasteiger partial charge in [-0.15, -0.1) is 0 Å². The minimum atomic E-state index is -0.272. The molecule has 0 fully saturated rings. The Morgan fingerprint density at radius 2 is 1.14 bits per heavy atom. The van der Waals surface area contributed by atoms with Crippen LogP contribution in [-0.2, 0) is 12.8 Å². The van der Waals surface area contributed by atoms with Crippen LogP contribution in [0.3, 0.4) is 0 Å². The third-order valence-electron chi connectivity index (χ3n) is 6.69. The topological polar surface area (TPSA) is 0 Å². The van der Waals surface area contributed by atoms with E-state index in [-0.39, 0.29) is 5.82 Å². The van der Waals surface area contributed by atoms with Crippen LogP contribution < -0.4 is 0 Å². The molecule has 0 saturated heterocycles. The molecular formula is C35H35F. The second-order valence-electron chi connectivity index (χ2n) is 9.58. The van der Waals surface area contributed by atoms with E-state index in [2.05, 4.69) is 86.4 Å². The highest BCUT2D eigenvalue weighted by Gasteiger charge is 2.08. The molecule has 0 atom stereocenters. The van der Waals surface area contributed by atoms with Crippen LogP contribution in [0.5, 0.6) is 0 Å². The Morgan fingerprint density at radius 3 is 1.69 bits per heavy atom. The van der Waals surface area contributed by atoms with Crippen molar-refractivity contribution < 1.29 is 4.39 Å². The van der Waals surface area contributed by atoms with E-state index in [0.29, 0.717) is 5.56 Å². The van der Waals surface area contributed by atoms with Gasteiger partial charge in [0.25, 0.3) is 0 Å². The number of aryl methyl sites for hydroxylation is 3. The molecule has 0 spiro atoms. The highest BCUT2D eigenvalue weighted by molar-refractivity contribution is 5.67. The molecule has 0 saturated carbocycles. The first kappa shape index (κ1) is 25.5. The fraction of sp³-hybridized carbons (Fsp3) is 0.257. The molecule has 1 heteroatoms. The second kappa shape index (κ2) is 12.4. The molecule has 4 aromatic carbocycles. The van der Waals surface area contributed by atoms with E-state index in [1.165, 1.54) is 36.0 Å². The quantitative estimate of drug-likeness (QED) is 0.176. The van der Waals surface area contributed by atoms with Crippen molar-refractivity contribution in [1.29, 1.82) is 0 Å². The normalized spacial score (nSPS) is 10.7. The van der Waals surface area contributed by atoms with Gasteiger partial charge in [-0.25, -0.2) is 4.39 Å². The molecule has 0 nitrogen and oxygen atoms in total. The van der Waals surface area contributed by atoms with Gasteiger partial charge in [0.2, 0.25) is 0 Å². The Bertz CT molecular complexity index is 1310. The zero-order valence-electron chi connectivity index (χ0n) is 21.7. The van der Waals surface area contributed by atoms with Gasteiger partial charge >= 0.3 is 0 Å². The average molecular weight is 475 g/mol. The molecule has 182 valence electrons. The van der Waals surface area contributed by atoms with Crippen molar-refractivity contribution in [3.63, 3.8) is 0 Å². The summed E-state index contributed by atoms with van der Waals surface area (Å²) in [6.45, 7) is 6.34. The highest BCUT2D eigenvalue weighted by atomic mass is 19.1. The maximum absolute atomic E-state index is 15.0. The molecule has 0 N–H and O–H groups in total. The van der Waals surface area contributed by atoms with E-state index in [4.69, 9.17) is 0 Å². The highest BCUT2D eigenvalue weighted by Crippen LogP contribution is 2.26. The molecule has 4 aromatic rings. The SMILES string of the molecule is CCCCCc1ccc(-c2ccc(C#Cc3c(C)cc(-c4ccc(CCC)cc4)cc3F)cc2)cc1. The summed E-state index contributed by atoms with van der Waals surface area (Å²) in [4.78, 5) is 0. The van der Waals surface area contributed by atoms with Crippen LogP contribution in [0, 0.1) is 24.6 Å². The number of hydrogen-bond donors (Lipinski definition) is 0. The molecule has 0 aliphatic carbocycles. The number of rotatable bonds is 8. The first-order valence-electron chi connectivity index (χ1n) is 13.2. The summed E-state index contributed by atoms with van der Waals surface area (Å²) in [6, 6.07) is 29.1. The molecule has 0 amide bonds. The lowest BCUT2D eigenvalue weighted by atomic mass is 9.97. The van der Waals surface area contributed by atoms with Crippen LogP contribution in [0.2, 0.25) is 0 Å². The molecule has 0 heterocycles. The Labute approximate surface area is 216 Å². The molecule has 0 aromatic heterocycles. The van der Waals surface area contributed by atoms with Crippen molar-refractivity contribution in [3.05, 3.63) is 119 Å². The molecule has 0 aliphatic heterocycles. The fourth-order valence-electron chi connectivity index (χ4n) is 4.55. The molecule has 0 radical (unpaired) electrons. The molecule has 36 heavy (non-hydrogen) atoms. The lowest BCUT2D eigenvalue weighted by molar-refractivity contribution is 0.623. The van der Waals surface area contributed by atoms with Crippen molar-refractivity contribution in [2.45, 2.75) is 59.3 Å². The number of unbranched alkanes of at least 4 members (excludes halogenated alkanes) is 2. The lowest BCUT2D eigenvalue weighted by Crippen LogP contribution is -1.92. The first-order chi connectivity index (χ1) is 17.6. The summed E-state index contributed by atoms with van der Waals surface area (Å²) in [5.41, 5.74) is 9.18. The fourth-order valence-corrected chi connectivity index (χ4v) is 4.55. The summed E-state index contributed by atoms with van der Waals surface area (Å²) in [5.74, 6) is 5.95. The summed E-state index contributed by atoms with van der Waals surface area (Å²) >= 11 is 0. The third kappa shape index (κ3) is 6.52. The summed E-state index contributed by atoms with van der Waals surface area (Å²) in [6.07, 6.45) is 7.11. The van der Waals surface area contributed by atoms with Crippen LogP contribution in [0.4, 0.5) is 4.39 Å². The van der Waals surface area contributed by atoms with Gasteiger partial charge in [-0.05, 0) is 89.4 Å². The number of benzene rings is 4. The zero-order valence-corrected chi connectivity index (χ0v) is 21.7. The van der Waals surface area contributed by atoms with Crippen molar-refractivity contribution in [2.75, 3.05) is 0 Å². The predicted molar refractivity (Wildman–Crippen MR) is 152 cm³/mol. The van der Waals surface area contributed by atoms with Crippen LogP contribution in [0.1, 0.15) is 67.3 Å². The van der Waals surface area contributed by atoms with Gasteiger partial charge < -0.3 is 0 Å². The summed E-state index contributed by atoms with van der Waals surface area (Å²) in [5, 5.41) is 0. The van der Waals surface area contributed by atoms with Gasteiger partial charge in [-0.2, -0.15) is 0 Å². The van der Waals surface area contributed by atoms with Gasteiger partial charge in [-0.3, -0.25) is 0 Å². The van der Waals surface area contributed by atoms with Gasteiger partial charge in [-0.1, -0.05) is 106 Å². The van der Waals surface area contributed by atoms with Crippen LogP contribution in [0.15, 0.2) is 84.9 Å². The minimum absolute atomic E-state index is 0.272.